The molecule has 2 N–H and O–H groups in total. The van der Waals surface area contributed by atoms with Crippen molar-refractivity contribution in [3.05, 3.63) is 11.9 Å². The molecule has 0 bridgehead atoms. The van der Waals surface area contributed by atoms with E-state index in [1.165, 1.54) is 15.8 Å². The van der Waals surface area contributed by atoms with Crippen LogP contribution in [0.15, 0.2) is 6.20 Å². The molecule has 2 amide bonds. The smallest absolute Gasteiger partial charge is 0.325 e. The maximum atomic E-state index is 11.9. The standard InChI is InChI=1S/C11H15N5O4/c1-15-4-7(2-9(15)17)11(20)12-3-8-5-16(14-13-8)6-10(18)19/h5,7H,2-4,6H2,1H3,(H,12,20)(H,18,19). The van der Waals surface area contributed by atoms with E-state index in [4.69, 9.17) is 5.11 Å². The van der Waals surface area contributed by atoms with Gasteiger partial charge in [0.25, 0.3) is 0 Å². The predicted molar refractivity (Wildman–Crippen MR) is 65.2 cm³/mol. The van der Waals surface area contributed by atoms with Crippen molar-refractivity contribution in [2.24, 2.45) is 5.92 Å². The van der Waals surface area contributed by atoms with Crippen molar-refractivity contribution in [2.45, 2.75) is 19.5 Å². The van der Waals surface area contributed by atoms with Crippen LogP contribution in [0.2, 0.25) is 0 Å². The second-order valence-corrected chi connectivity index (χ2v) is 4.69. The van der Waals surface area contributed by atoms with Gasteiger partial charge in [-0.1, -0.05) is 5.21 Å². The zero-order valence-electron chi connectivity index (χ0n) is 10.9. The number of likely N-dealkylation sites (tertiary alicyclic amines) is 1. The van der Waals surface area contributed by atoms with E-state index in [0.717, 1.165) is 0 Å². The maximum absolute atomic E-state index is 11.9. The van der Waals surface area contributed by atoms with E-state index in [-0.39, 0.29) is 37.2 Å². The zero-order valence-corrected chi connectivity index (χ0v) is 10.9. The summed E-state index contributed by atoms with van der Waals surface area (Å²) in [6.07, 6.45) is 1.67. The molecule has 0 saturated carbocycles. The quantitative estimate of drug-likeness (QED) is 0.675. The molecule has 9 nitrogen and oxygen atoms in total. The van der Waals surface area contributed by atoms with Crippen LogP contribution in [0.3, 0.4) is 0 Å². The third-order valence-corrected chi connectivity index (χ3v) is 3.04. The molecule has 0 spiro atoms. The van der Waals surface area contributed by atoms with E-state index < -0.39 is 5.97 Å². The fourth-order valence-corrected chi connectivity index (χ4v) is 2.00. The summed E-state index contributed by atoms with van der Waals surface area (Å²) in [5.41, 5.74) is 0.470. The van der Waals surface area contributed by atoms with Crippen molar-refractivity contribution in [3.8, 4) is 0 Å². The van der Waals surface area contributed by atoms with E-state index in [1.807, 2.05) is 0 Å². The number of carboxylic acids is 1. The lowest BCUT2D eigenvalue weighted by atomic mass is 10.1. The lowest BCUT2D eigenvalue weighted by molar-refractivity contribution is -0.138. The van der Waals surface area contributed by atoms with Gasteiger partial charge in [0.2, 0.25) is 11.8 Å². The Morgan fingerprint density at radius 1 is 1.55 bits per heavy atom. The Hall–Kier alpha value is -2.45. The fourth-order valence-electron chi connectivity index (χ4n) is 2.00. The number of carbonyl (C=O) groups excluding carboxylic acids is 2. The van der Waals surface area contributed by atoms with E-state index in [2.05, 4.69) is 15.6 Å². The number of aliphatic carboxylic acids is 1. The lowest BCUT2D eigenvalue weighted by Gasteiger charge is -2.09. The largest absolute Gasteiger partial charge is 0.480 e. The van der Waals surface area contributed by atoms with Gasteiger partial charge in [-0.15, -0.1) is 5.10 Å². The van der Waals surface area contributed by atoms with Crippen LogP contribution >= 0.6 is 0 Å². The maximum Gasteiger partial charge on any atom is 0.325 e. The molecule has 2 rings (SSSR count). The topological polar surface area (TPSA) is 117 Å². The molecule has 9 heteroatoms. The second kappa shape index (κ2) is 5.68. The molecule has 0 radical (unpaired) electrons. The Morgan fingerprint density at radius 3 is 2.90 bits per heavy atom. The number of carboxylic acid groups (broad SMARTS) is 1. The highest BCUT2D eigenvalue weighted by molar-refractivity contribution is 5.89. The van der Waals surface area contributed by atoms with Gasteiger partial charge >= 0.3 is 5.97 Å². The highest BCUT2D eigenvalue weighted by Gasteiger charge is 2.31. The van der Waals surface area contributed by atoms with Crippen LogP contribution in [-0.2, 0) is 27.5 Å². The van der Waals surface area contributed by atoms with Crippen LogP contribution in [0.25, 0.3) is 0 Å². The Kier molecular flexibility index (Phi) is 3.97. The van der Waals surface area contributed by atoms with Crippen LogP contribution in [0, 0.1) is 5.92 Å². The Labute approximate surface area is 114 Å². The third kappa shape index (κ3) is 3.31. The van der Waals surface area contributed by atoms with Gasteiger partial charge in [-0.2, -0.15) is 0 Å². The van der Waals surface area contributed by atoms with Crippen LogP contribution in [0.1, 0.15) is 12.1 Å². The minimum atomic E-state index is -1.02. The SMILES string of the molecule is CN1CC(C(=O)NCc2cn(CC(=O)O)nn2)CC1=O. The van der Waals surface area contributed by atoms with Gasteiger partial charge in [0.1, 0.15) is 12.2 Å². The Morgan fingerprint density at radius 2 is 2.30 bits per heavy atom. The summed E-state index contributed by atoms with van der Waals surface area (Å²) in [7, 11) is 1.66. The van der Waals surface area contributed by atoms with Crippen molar-refractivity contribution in [1.82, 2.24) is 25.2 Å². The molecule has 1 aromatic heterocycles. The number of amides is 2. The molecular formula is C11H15N5O4. The van der Waals surface area contributed by atoms with Crippen LogP contribution in [-0.4, -0.2) is 56.4 Å². The Bertz CT molecular complexity index is 541. The van der Waals surface area contributed by atoms with Gasteiger partial charge in [0, 0.05) is 20.0 Å². The molecule has 1 fully saturated rings. The summed E-state index contributed by atoms with van der Waals surface area (Å²) >= 11 is 0. The summed E-state index contributed by atoms with van der Waals surface area (Å²) in [4.78, 5) is 35.2. The molecule has 1 aliphatic rings. The highest BCUT2D eigenvalue weighted by Crippen LogP contribution is 2.15. The van der Waals surface area contributed by atoms with Crippen LogP contribution in [0.4, 0.5) is 0 Å². The molecule has 1 atom stereocenters. The monoisotopic (exact) mass is 281 g/mol. The molecule has 1 aliphatic heterocycles. The number of hydrogen-bond acceptors (Lipinski definition) is 5. The summed E-state index contributed by atoms with van der Waals surface area (Å²) in [5.74, 6) is -1.62. The van der Waals surface area contributed by atoms with Crippen molar-refractivity contribution >= 4 is 17.8 Å². The van der Waals surface area contributed by atoms with E-state index >= 15 is 0 Å². The minimum Gasteiger partial charge on any atom is -0.480 e. The summed E-state index contributed by atoms with van der Waals surface area (Å²) in [6, 6.07) is 0. The van der Waals surface area contributed by atoms with Gasteiger partial charge in [0.05, 0.1) is 18.7 Å². The van der Waals surface area contributed by atoms with Crippen LogP contribution in [0.5, 0.6) is 0 Å². The minimum absolute atomic E-state index is 0.0439. The molecule has 108 valence electrons. The summed E-state index contributed by atoms with van der Waals surface area (Å²) < 4.78 is 1.18. The summed E-state index contributed by atoms with van der Waals surface area (Å²) in [6.45, 7) is 0.298. The number of carbonyl (C=O) groups is 3. The molecule has 20 heavy (non-hydrogen) atoms. The summed E-state index contributed by atoms with van der Waals surface area (Å²) in [5, 5.41) is 18.6. The second-order valence-electron chi connectivity index (χ2n) is 4.69. The van der Waals surface area contributed by atoms with Gasteiger partial charge in [-0.3, -0.25) is 14.4 Å². The first kappa shape index (κ1) is 14.0. The average Bonchev–Trinajstić information content (AvgIpc) is 2.94. The van der Waals surface area contributed by atoms with Gasteiger partial charge in [-0.25, -0.2) is 4.68 Å². The number of hydrogen-bond donors (Lipinski definition) is 2. The number of aromatic nitrogens is 3. The fraction of sp³-hybridized carbons (Fsp3) is 0.545. The van der Waals surface area contributed by atoms with Crippen molar-refractivity contribution in [2.75, 3.05) is 13.6 Å². The molecule has 1 aromatic rings. The lowest BCUT2D eigenvalue weighted by Crippen LogP contribution is -2.31. The zero-order chi connectivity index (χ0) is 14.7. The first-order valence-electron chi connectivity index (χ1n) is 6.08. The number of rotatable bonds is 5. The molecule has 1 unspecified atom stereocenters. The highest BCUT2D eigenvalue weighted by atomic mass is 16.4. The average molecular weight is 281 g/mol. The van der Waals surface area contributed by atoms with Crippen molar-refractivity contribution in [1.29, 1.82) is 0 Å². The number of nitrogens with one attached hydrogen (secondary N) is 1. The number of nitrogens with zero attached hydrogens (tertiary/aromatic N) is 4. The van der Waals surface area contributed by atoms with E-state index in [9.17, 15) is 14.4 Å². The molecule has 0 aromatic carbocycles. The predicted octanol–water partition coefficient (Wildman–Crippen LogP) is -1.54. The first-order chi connectivity index (χ1) is 9.45. The normalized spacial score (nSPS) is 18.4. The van der Waals surface area contributed by atoms with Crippen molar-refractivity contribution < 1.29 is 19.5 Å². The molecule has 0 aliphatic carbocycles. The molecule has 1 saturated heterocycles. The molecular weight excluding hydrogens is 266 g/mol. The molecule has 2 heterocycles. The van der Waals surface area contributed by atoms with Crippen molar-refractivity contribution in [3.63, 3.8) is 0 Å². The van der Waals surface area contributed by atoms with E-state index in [0.29, 0.717) is 12.2 Å². The third-order valence-electron chi connectivity index (χ3n) is 3.04. The first-order valence-corrected chi connectivity index (χ1v) is 6.08. The van der Waals surface area contributed by atoms with Gasteiger partial charge < -0.3 is 15.3 Å². The van der Waals surface area contributed by atoms with E-state index in [1.54, 1.807) is 7.05 Å². The Balaban J connectivity index is 1.83. The van der Waals surface area contributed by atoms with Crippen LogP contribution < -0.4 is 5.32 Å². The van der Waals surface area contributed by atoms with Gasteiger partial charge in [-0.05, 0) is 0 Å². The van der Waals surface area contributed by atoms with Gasteiger partial charge in [0.15, 0.2) is 0 Å².